The molecule has 190 valence electrons. The number of carbonyl (C=O) groups is 3. The number of anilines is 4. The summed E-state index contributed by atoms with van der Waals surface area (Å²) in [5, 5.41) is 29.6. The fourth-order valence-electron chi connectivity index (χ4n) is 3.40. The molecule has 1 aromatic heterocycles. The van der Waals surface area contributed by atoms with Crippen LogP contribution in [0.2, 0.25) is 0 Å². The predicted octanol–water partition coefficient (Wildman–Crippen LogP) is 4.74. The van der Waals surface area contributed by atoms with Gasteiger partial charge in [-0.05, 0) is 69.2 Å². The maximum absolute atomic E-state index is 13.2. The van der Waals surface area contributed by atoms with Crippen LogP contribution in [-0.2, 0) is 11.2 Å². The number of aromatic nitrogens is 1. The van der Waals surface area contributed by atoms with Gasteiger partial charge in [-0.15, -0.1) is 0 Å². The second-order valence-electron chi connectivity index (χ2n) is 8.93. The van der Waals surface area contributed by atoms with Crippen LogP contribution < -0.4 is 21.3 Å². The van der Waals surface area contributed by atoms with E-state index in [4.69, 9.17) is 5.26 Å². The van der Waals surface area contributed by atoms with Gasteiger partial charge in [0.25, 0.3) is 5.91 Å². The molecule has 0 aliphatic carbocycles. The van der Waals surface area contributed by atoms with Crippen molar-refractivity contribution in [2.24, 2.45) is 5.41 Å². The van der Waals surface area contributed by atoms with Gasteiger partial charge in [-0.3, -0.25) is 14.9 Å². The van der Waals surface area contributed by atoms with Crippen molar-refractivity contribution in [2.45, 2.75) is 27.2 Å². The van der Waals surface area contributed by atoms with Crippen LogP contribution in [0.25, 0.3) is 0 Å². The number of hydrogen-bond donors (Lipinski definition) is 5. The van der Waals surface area contributed by atoms with Crippen molar-refractivity contribution >= 4 is 40.8 Å². The first-order chi connectivity index (χ1) is 17.6. The molecule has 1 heterocycles. The molecule has 3 aromatic rings. The molecule has 37 heavy (non-hydrogen) atoms. The number of nitriles is 1. The van der Waals surface area contributed by atoms with Crippen molar-refractivity contribution in [1.82, 2.24) is 10.3 Å². The van der Waals surface area contributed by atoms with E-state index in [0.717, 1.165) is 5.56 Å². The Kier molecular flexibility index (Phi) is 8.43. The number of amides is 3. The molecule has 10 nitrogen and oxygen atoms in total. The maximum atomic E-state index is 13.2. The van der Waals surface area contributed by atoms with Gasteiger partial charge in [0.15, 0.2) is 0 Å². The molecule has 3 rings (SSSR count). The Hall–Kier alpha value is -4.91. The quantitative estimate of drug-likeness (QED) is 0.284. The van der Waals surface area contributed by atoms with E-state index in [9.17, 15) is 19.5 Å². The van der Waals surface area contributed by atoms with Gasteiger partial charge in [0.05, 0.1) is 28.3 Å². The number of rotatable bonds is 9. The summed E-state index contributed by atoms with van der Waals surface area (Å²) in [6.07, 6.45) is 1.70. The molecule has 3 amide bonds. The standard InChI is InChI=1S/C27H28N6O4/c1-4-29-26(37)33-23-13-22(31-19-11-7-18(15-28)8-12-19)21(16-30-23)24(34)32-20-9-5-17(6-10-20)14-27(2,3)25(35)36/h5-13,16H,4,14H2,1-3H3,(H,32,34)(H,35,36)(H3,29,30,31,33,37). The molecule has 2 aromatic carbocycles. The van der Waals surface area contributed by atoms with E-state index in [-0.39, 0.29) is 11.4 Å². The first kappa shape index (κ1) is 26.7. The minimum absolute atomic E-state index is 0.224. The first-order valence-electron chi connectivity index (χ1n) is 11.6. The average Bonchev–Trinajstić information content (AvgIpc) is 2.85. The van der Waals surface area contributed by atoms with E-state index < -0.39 is 23.3 Å². The lowest BCUT2D eigenvalue weighted by Crippen LogP contribution is -2.28. The Labute approximate surface area is 214 Å². The third-order valence-electron chi connectivity index (χ3n) is 5.46. The number of hydrogen-bond acceptors (Lipinski definition) is 6. The summed E-state index contributed by atoms with van der Waals surface area (Å²) in [5.74, 6) is -1.08. The molecule has 10 heteroatoms. The molecule has 0 aliphatic heterocycles. The molecule has 0 saturated carbocycles. The van der Waals surface area contributed by atoms with Crippen LogP contribution in [0.4, 0.5) is 27.7 Å². The van der Waals surface area contributed by atoms with Gasteiger partial charge in [0.2, 0.25) is 0 Å². The fraction of sp³-hybridized carbons (Fsp3) is 0.222. The number of pyridine rings is 1. The summed E-state index contributed by atoms with van der Waals surface area (Å²) in [5.41, 5.74) is 2.19. The van der Waals surface area contributed by atoms with Crippen LogP contribution in [0, 0.1) is 16.7 Å². The van der Waals surface area contributed by atoms with Gasteiger partial charge < -0.3 is 21.1 Å². The van der Waals surface area contributed by atoms with E-state index in [1.807, 2.05) is 0 Å². The number of benzene rings is 2. The second-order valence-corrected chi connectivity index (χ2v) is 8.93. The highest BCUT2D eigenvalue weighted by Crippen LogP contribution is 2.26. The largest absolute Gasteiger partial charge is 0.481 e. The van der Waals surface area contributed by atoms with Crippen molar-refractivity contribution in [1.29, 1.82) is 5.26 Å². The molecule has 0 saturated heterocycles. The van der Waals surface area contributed by atoms with Crippen LogP contribution in [-0.4, -0.2) is 34.5 Å². The molecule has 0 fully saturated rings. The summed E-state index contributed by atoms with van der Waals surface area (Å²) in [6.45, 7) is 5.54. The first-order valence-corrected chi connectivity index (χ1v) is 11.6. The highest BCUT2D eigenvalue weighted by molar-refractivity contribution is 6.08. The predicted molar refractivity (Wildman–Crippen MR) is 141 cm³/mol. The van der Waals surface area contributed by atoms with Crippen LogP contribution in [0.3, 0.4) is 0 Å². The lowest BCUT2D eigenvalue weighted by Gasteiger charge is -2.19. The van der Waals surface area contributed by atoms with Crippen molar-refractivity contribution in [3.63, 3.8) is 0 Å². The van der Waals surface area contributed by atoms with Crippen molar-refractivity contribution < 1.29 is 19.5 Å². The van der Waals surface area contributed by atoms with E-state index in [0.29, 0.717) is 35.6 Å². The summed E-state index contributed by atoms with van der Waals surface area (Å²) >= 11 is 0. The molecule has 5 N–H and O–H groups in total. The van der Waals surface area contributed by atoms with E-state index in [1.165, 1.54) is 6.20 Å². The number of carboxylic acids is 1. The number of aliphatic carboxylic acids is 1. The van der Waals surface area contributed by atoms with E-state index >= 15 is 0 Å². The topological polar surface area (TPSA) is 156 Å². The van der Waals surface area contributed by atoms with Gasteiger partial charge in [-0.2, -0.15) is 5.26 Å². The lowest BCUT2D eigenvalue weighted by atomic mass is 9.86. The number of carboxylic acid groups (broad SMARTS) is 1. The van der Waals surface area contributed by atoms with Crippen LogP contribution >= 0.6 is 0 Å². The third kappa shape index (κ3) is 7.29. The van der Waals surface area contributed by atoms with E-state index in [2.05, 4.69) is 32.3 Å². The lowest BCUT2D eigenvalue weighted by molar-refractivity contribution is -0.146. The molecule has 0 bridgehead atoms. The zero-order valence-electron chi connectivity index (χ0n) is 20.8. The molecule has 0 aliphatic rings. The Bertz CT molecular complexity index is 1330. The molecule has 0 unspecified atom stereocenters. The van der Waals surface area contributed by atoms with Gasteiger partial charge in [0, 0.05) is 30.2 Å². The fourth-order valence-corrected chi connectivity index (χ4v) is 3.40. The highest BCUT2D eigenvalue weighted by atomic mass is 16.4. The van der Waals surface area contributed by atoms with Crippen molar-refractivity contribution in [2.75, 3.05) is 22.5 Å². The van der Waals surface area contributed by atoms with Gasteiger partial charge >= 0.3 is 12.0 Å². The summed E-state index contributed by atoms with van der Waals surface area (Å²) in [7, 11) is 0. The molecule has 0 spiro atoms. The Morgan fingerprint density at radius 2 is 1.65 bits per heavy atom. The van der Waals surface area contributed by atoms with Crippen LogP contribution in [0.15, 0.2) is 60.8 Å². The highest BCUT2D eigenvalue weighted by Gasteiger charge is 2.27. The minimum Gasteiger partial charge on any atom is -0.481 e. The molecular weight excluding hydrogens is 472 g/mol. The maximum Gasteiger partial charge on any atom is 0.320 e. The zero-order valence-corrected chi connectivity index (χ0v) is 20.8. The zero-order chi connectivity index (χ0) is 27.0. The molecule has 0 atom stereocenters. The average molecular weight is 501 g/mol. The van der Waals surface area contributed by atoms with Crippen LogP contribution in [0.1, 0.15) is 42.3 Å². The number of nitrogens with one attached hydrogen (secondary N) is 4. The van der Waals surface area contributed by atoms with E-state index in [1.54, 1.807) is 75.4 Å². The second kappa shape index (κ2) is 11.7. The Balaban J connectivity index is 1.83. The van der Waals surface area contributed by atoms with Gasteiger partial charge in [-0.25, -0.2) is 9.78 Å². The number of carbonyl (C=O) groups excluding carboxylic acids is 2. The van der Waals surface area contributed by atoms with Gasteiger partial charge in [-0.1, -0.05) is 12.1 Å². The number of nitrogens with zero attached hydrogens (tertiary/aromatic N) is 2. The van der Waals surface area contributed by atoms with Crippen molar-refractivity contribution in [3.8, 4) is 6.07 Å². The normalized spacial score (nSPS) is 10.6. The van der Waals surface area contributed by atoms with Crippen LogP contribution in [0.5, 0.6) is 0 Å². The minimum atomic E-state index is -0.910. The number of urea groups is 1. The third-order valence-corrected chi connectivity index (χ3v) is 5.46. The van der Waals surface area contributed by atoms with Crippen molar-refractivity contribution in [3.05, 3.63) is 77.5 Å². The monoisotopic (exact) mass is 500 g/mol. The molecule has 0 radical (unpaired) electrons. The summed E-state index contributed by atoms with van der Waals surface area (Å²) in [6, 6.07) is 16.8. The van der Waals surface area contributed by atoms with Gasteiger partial charge in [0.1, 0.15) is 5.82 Å². The Morgan fingerprint density at radius 3 is 2.24 bits per heavy atom. The summed E-state index contributed by atoms with van der Waals surface area (Å²) < 4.78 is 0. The summed E-state index contributed by atoms with van der Waals surface area (Å²) in [4.78, 5) is 40.7. The Morgan fingerprint density at radius 1 is 1.00 bits per heavy atom. The SMILES string of the molecule is CCNC(=O)Nc1cc(Nc2ccc(C#N)cc2)c(C(=O)Nc2ccc(CC(C)(C)C(=O)O)cc2)cn1. The smallest absolute Gasteiger partial charge is 0.320 e. The molecular formula is C27H28N6O4.